The molecule has 0 aromatic carbocycles. The van der Waals surface area contributed by atoms with Crippen molar-refractivity contribution >= 4 is 29.7 Å². The molecule has 0 bridgehead atoms. The molecule has 0 aliphatic carbocycles. The molecule has 3 heterocycles. The van der Waals surface area contributed by atoms with Gasteiger partial charge < -0.3 is 5.32 Å². The Hall–Kier alpha value is -0.840. The van der Waals surface area contributed by atoms with Crippen LogP contribution in [0.25, 0.3) is 5.65 Å². The molecular formula is C8H8Cl2N4. The summed E-state index contributed by atoms with van der Waals surface area (Å²) in [5, 5.41) is 8.20. The zero-order chi connectivity index (χ0) is 8.84. The lowest BCUT2D eigenvalue weighted by Crippen LogP contribution is -2.04. The Bertz CT molecular complexity index is 479. The van der Waals surface area contributed by atoms with Gasteiger partial charge in [-0.05, 0) is 0 Å². The van der Waals surface area contributed by atoms with Crippen molar-refractivity contribution in [2.45, 2.75) is 13.1 Å². The molecule has 0 atom stereocenters. The van der Waals surface area contributed by atoms with Crippen LogP contribution in [-0.4, -0.2) is 14.6 Å². The molecule has 6 heteroatoms. The van der Waals surface area contributed by atoms with Crippen LogP contribution >= 0.6 is 24.0 Å². The van der Waals surface area contributed by atoms with Gasteiger partial charge in [-0.15, -0.1) is 12.4 Å². The highest BCUT2D eigenvalue weighted by Crippen LogP contribution is 2.19. The summed E-state index contributed by atoms with van der Waals surface area (Å²) in [4.78, 5) is 4.24. The van der Waals surface area contributed by atoms with E-state index in [2.05, 4.69) is 15.4 Å². The highest BCUT2D eigenvalue weighted by molar-refractivity contribution is 6.30. The molecule has 2 aromatic rings. The zero-order valence-electron chi connectivity index (χ0n) is 7.20. The van der Waals surface area contributed by atoms with Crippen molar-refractivity contribution in [2.24, 2.45) is 0 Å². The Morgan fingerprint density at radius 1 is 1.43 bits per heavy atom. The van der Waals surface area contributed by atoms with E-state index in [0.717, 1.165) is 24.4 Å². The third-order valence-electron chi connectivity index (χ3n) is 2.21. The number of hydrogen-bond acceptors (Lipinski definition) is 3. The highest BCUT2D eigenvalue weighted by Gasteiger charge is 2.18. The van der Waals surface area contributed by atoms with E-state index in [1.54, 1.807) is 16.9 Å². The van der Waals surface area contributed by atoms with Crippen LogP contribution in [0.2, 0.25) is 5.02 Å². The summed E-state index contributed by atoms with van der Waals surface area (Å²) in [6.07, 6.45) is 3.43. The Balaban J connectivity index is 0.000000750. The van der Waals surface area contributed by atoms with Gasteiger partial charge in [0, 0.05) is 24.8 Å². The van der Waals surface area contributed by atoms with Gasteiger partial charge in [-0.1, -0.05) is 11.6 Å². The van der Waals surface area contributed by atoms with E-state index in [-0.39, 0.29) is 12.4 Å². The fourth-order valence-corrected chi connectivity index (χ4v) is 1.78. The maximum absolute atomic E-state index is 5.80. The zero-order valence-corrected chi connectivity index (χ0v) is 8.77. The molecule has 14 heavy (non-hydrogen) atoms. The molecule has 0 saturated heterocycles. The third kappa shape index (κ3) is 1.27. The van der Waals surface area contributed by atoms with Crippen molar-refractivity contribution in [3.8, 4) is 0 Å². The predicted octanol–water partition coefficient (Wildman–Crippen LogP) is 1.41. The SMILES string of the molecule is Cl.Clc1cnc2c3c(nn2c1)CNC3. The number of fused-ring (bicyclic) bond motifs is 3. The van der Waals surface area contributed by atoms with Crippen molar-refractivity contribution in [1.82, 2.24) is 19.9 Å². The van der Waals surface area contributed by atoms with Crippen molar-refractivity contribution in [2.75, 3.05) is 0 Å². The largest absolute Gasteiger partial charge is 0.307 e. The molecular weight excluding hydrogens is 223 g/mol. The van der Waals surface area contributed by atoms with E-state index >= 15 is 0 Å². The van der Waals surface area contributed by atoms with E-state index in [9.17, 15) is 0 Å². The first-order valence-corrected chi connectivity index (χ1v) is 4.45. The molecule has 74 valence electrons. The molecule has 1 aliphatic rings. The maximum atomic E-state index is 5.80. The quantitative estimate of drug-likeness (QED) is 0.745. The van der Waals surface area contributed by atoms with Gasteiger partial charge in [-0.2, -0.15) is 5.10 Å². The van der Waals surface area contributed by atoms with Crippen LogP contribution in [0.3, 0.4) is 0 Å². The van der Waals surface area contributed by atoms with Crippen LogP contribution in [0.1, 0.15) is 11.3 Å². The second-order valence-electron chi connectivity index (χ2n) is 3.07. The second kappa shape index (κ2) is 3.38. The van der Waals surface area contributed by atoms with Crippen LogP contribution in [-0.2, 0) is 13.1 Å². The smallest absolute Gasteiger partial charge is 0.159 e. The molecule has 1 aliphatic heterocycles. The molecule has 0 saturated carbocycles. The molecule has 3 rings (SSSR count). The molecule has 0 amide bonds. The monoisotopic (exact) mass is 230 g/mol. The molecule has 0 fully saturated rings. The lowest BCUT2D eigenvalue weighted by molar-refractivity contribution is 0.733. The standard InChI is InChI=1S/C8H7ClN4.ClH/c9-5-1-11-8-6-2-10-3-7(6)12-13(8)4-5;/h1,4,10H,2-3H2;1H. The highest BCUT2D eigenvalue weighted by atomic mass is 35.5. The van der Waals surface area contributed by atoms with Crippen LogP contribution in [0.5, 0.6) is 0 Å². The first-order chi connectivity index (χ1) is 6.34. The van der Waals surface area contributed by atoms with Crippen molar-refractivity contribution in [1.29, 1.82) is 0 Å². The second-order valence-corrected chi connectivity index (χ2v) is 3.51. The number of nitrogens with zero attached hydrogens (tertiary/aromatic N) is 3. The first kappa shape index (κ1) is 9.71. The Kier molecular flexibility index (Phi) is 2.34. The summed E-state index contributed by atoms with van der Waals surface area (Å²) in [6, 6.07) is 0. The Morgan fingerprint density at radius 2 is 2.29 bits per heavy atom. The van der Waals surface area contributed by atoms with Gasteiger partial charge in [-0.3, -0.25) is 0 Å². The van der Waals surface area contributed by atoms with E-state index < -0.39 is 0 Å². The van der Waals surface area contributed by atoms with Gasteiger partial charge >= 0.3 is 0 Å². The minimum Gasteiger partial charge on any atom is -0.307 e. The minimum atomic E-state index is 0. The molecule has 0 unspecified atom stereocenters. The van der Waals surface area contributed by atoms with Crippen LogP contribution in [0.15, 0.2) is 12.4 Å². The lowest BCUT2D eigenvalue weighted by Gasteiger charge is -1.95. The number of hydrogen-bond donors (Lipinski definition) is 1. The molecule has 0 spiro atoms. The number of rotatable bonds is 0. The lowest BCUT2D eigenvalue weighted by atomic mass is 10.3. The van der Waals surface area contributed by atoms with Crippen LogP contribution in [0.4, 0.5) is 0 Å². The molecule has 4 nitrogen and oxygen atoms in total. The first-order valence-electron chi connectivity index (χ1n) is 4.07. The van der Waals surface area contributed by atoms with E-state index in [4.69, 9.17) is 11.6 Å². The third-order valence-corrected chi connectivity index (χ3v) is 2.41. The summed E-state index contributed by atoms with van der Waals surface area (Å²) in [5.41, 5.74) is 3.18. The summed E-state index contributed by atoms with van der Waals surface area (Å²) in [5.74, 6) is 0. The number of aromatic nitrogens is 3. The minimum absolute atomic E-state index is 0. The fourth-order valence-electron chi connectivity index (χ4n) is 1.63. The fraction of sp³-hybridized carbons (Fsp3) is 0.250. The Morgan fingerprint density at radius 3 is 3.14 bits per heavy atom. The summed E-state index contributed by atoms with van der Waals surface area (Å²) in [7, 11) is 0. The van der Waals surface area contributed by atoms with Gasteiger partial charge in [0.1, 0.15) is 0 Å². The van der Waals surface area contributed by atoms with Gasteiger partial charge in [0.15, 0.2) is 5.65 Å². The maximum Gasteiger partial charge on any atom is 0.159 e. The van der Waals surface area contributed by atoms with E-state index in [0.29, 0.717) is 5.02 Å². The van der Waals surface area contributed by atoms with E-state index in [1.165, 1.54) is 5.56 Å². The summed E-state index contributed by atoms with van der Waals surface area (Å²) >= 11 is 5.80. The van der Waals surface area contributed by atoms with Gasteiger partial charge in [0.25, 0.3) is 0 Å². The summed E-state index contributed by atoms with van der Waals surface area (Å²) < 4.78 is 1.74. The predicted molar refractivity (Wildman–Crippen MR) is 55.8 cm³/mol. The van der Waals surface area contributed by atoms with Crippen molar-refractivity contribution in [3.63, 3.8) is 0 Å². The van der Waals surface area contributed by atoms with Crippen molar-refractivity contribution < 1.29 is 0 Å². The van der Waals surface area contributed by atoms with Crippen molar-refractivity contribution in [3.05, 3.63) is 28.7 Å². The van der Waals surface area contributed by atoms with Gasteiger partial charge in [-0.25, -0.2) is 9.50 Å². The topological polar surface area (TPSA) is 42.2 Å². The summed E-state index contributed by atoms with van der Waals surface area (Å²) in [6.45, 7) is 1.68. The van der Waals surface area contributed by atoms with E-state index in [1.807, 2.05) is 0 Å². The van der Waals surface area contributed by atoms with Gasteiger partial charge in [0.2, 0.25) is 0 Å². The van der Waals surface area contributed by atoms with Gasteiger partial charge in [0.05, 0.1) is 16.9 Å². The number of halogens is 2. The molecule has 0 radical (unpaired) electrons. The number of nitrogens with one attached hydrogen (secondary N) is 1. The van der Waals surface area contributed by atoms with Crippen LogP contribution in [0, 0.1) is 0 Å². The molecule has 2 aromatic heterocycles. The Labute approximate surface area is 91.7 Å². The normalized spacial score (nSPS) is 14.1. The average molecular weight is 231 g/mol. The average Bonchev–Trinajstić information content (AvgIpc) is 2.62. The molecule has 1 N–H and O–H groups in total. The van der Waals surface area contributed by atoms with Crippen LogP contribution < -0.4 is 5.32 Å².